The monoisotopic (exact) mass is 381 g/mol. The Hall–Kier alpha value is -0.780. The number of hydrogen-bond donors (Lipinski definition) is 2. The van der Waals surface area contributed by atoms with Crippen LogP contribution in [-0.4, -0.2) is 5.91 Å². The molecule has 2 nitrogen and oxygen atoms in total. The van der Waals surface area contributed by atoms with E-state index in [1.165, 1.54) is 23.3 Å². The lowest BCUT2D eigenvalue weighted by Gasteiger charge is -2.13. The molecule has 110 valence electrons. The van der Waals surface area contributed by atoms with Crippen LogP contribution >= 0.6 is 39.9 Å². The first-order valence-electron chi connectivity index (χ1n) is 6.97. The van der Waals surface area contributed by atoms with Gasteiger partial charge in [-0.15, -0.1) is 24.0 Å². The molecule has 1 aliphatic carbocycles. The highest BCUT2D eigenvalue weighted by atomic mass is 79.9. The first-order chi connectivity index (χ1) is 10.1. The van der Waals surface area contributed by atoms with Gasteiger partial charge in [0, 0.05) is 9.77 Å². The topological polar surface area (TPSA) is 29.1 Å². The number of thiol groups is 1. The Kier molecular flexibility index (Phi) is 4.43. The van der Waals surface area contributed by atoms with Crippen molar-refractivity contribution in [3.63, 3.8) is 0 Å². The molecular weight excluding hydrogens is 366 g/mol. The van der Waals surface area contributed by atoms with Crippen LogP contribution in [0.3, 0.4) is 0 Å². The summed E-state index contributed by atoms with van der Waals surface area (Å²) in [6.07, 6.45) is 4.48. The van der Waals surface area contributed by atoms with Crippen molar-refractivity contribution < 1.29 is 4.79 Å². The first kappa shape index (κ1) is 15.1. The smallest absolute Gasteiger partial charge is 0.257 e. The third kappa shape index (κ3) is 3.05. The van der Waals surface area contributed by atoms with Gasteiger partial charge in [0.15, 0.2) is 0 Å². The lowest BCUT2D eigenvalue weighted by atomic mass is 9.95. The molecule has 3 rings (SSSR count). The van der Waals surface area contributed by atoms with E-state index in [0.29, 0.717) is 0 Å². The summed E-state index contributed by atoms with van der Waals surface area (Å²) in [5.41, 5.74) is 3.93. The molecule has 1 aliphatic rings. The van der Waals surface area contributed by atoms with Crippen molar-refractivity contribution in [2.45, 2.75) is 37.5 Å². The number of nitrogens with one attached hydrogen (secondary N) is 1. The Morgan fingerprint density at radius 3 is 2.86 bits per heavy atom. The average molecular weight is 382 g/mol. The molecule has 0 bridgehead atoms. The SMILES string of the molecule is Cc1ccc(NC(=O)c2c(Br)sc3c2CCCC3)c(S)c1. The average Bonchev–Trinajstić information content (AvgIpc) is 2.77. The summed E-state index contributed by atoms with van der Waals surface area (Å²) in [5.74, 6) is -0.0413. The Morgan fingerprint density at radius 1 is 1.33 bits per heavy atom. The van der Waals surface area contributed by atoms with Gasteiger partial charge in [-0.25, -0.2) is 0 Å². The molecule has 0 radical (unpaired) electrons. The highest BCUT2D eigenvalue weighted by molar-refractivity contribution is 9.11. The molecule has 0 saturated carbocycles. The van der Waals surface area contributed by atoms with Crippen LogP contribution in [0.1, 0.15) is 39.2 Å². The van der Waals surface area contributed by atoms with Gasteiger partial charge in [-0.3, -0.25) is 4.79 Å². The summed E-state index contributed by atoms with van der Waals surface area (Å²) < 4.78 is 0.944. The summed E-state index contributed by atoms with van der Waals surface area (Å²) in [6, 6.07) is 5.84. The van der Waals surface area contributed by atoms with Gasteiger partial charge in [-0.05, 0) is 71.8 Å². The third-order valence-corrected chi connectivity index (χ3v) is 6.09. The Balaban J connectivity index is 1.90. The van der Waals surface area contributed by atoms with E-state index < -0.39 is 0 Å². The summed E-state index contributed by atoms with van der Waals surface area (Å²) in [5, 5.41) is 2.99. The number of benzene rings is 1. The van der Waals surface area contributed by atoms with Gasteiger partial charge in [0.25, 0.3) is 5.91 Å². The lowest BCUT2D eigenvalue weighted by molar-refractivity contribution is 0.102. The van der Waals surface area contributed by atoms with E-state index in [-0.39, 0.29) is 5.91 Å². The minimum absolute atomic E-state index is 0.0413. The molecule has 1 N–H and O–H groups in total. The Labute approximate surface area is 142 Å². The van der Waals surface area contributed by atoms with Crippen molar-refractivity contribution in [3.8, 4) is 0 Å². The zero-order chi connectivity index (χ0) is 15.0. The van der Waals surface area contributed by atoms with Crippen molar-refractivity contribution in [1.29, 1.82) is 0 Å². The number of amides is 1. The second-order valence-corrected chi connectivity index (χ2v) is 8.24. The number of thiophene rings is 1. The van der Waals surface area contributed by atoms with Crippen LogP contribution in [0.4, 0.5) is 5.69 Å². The predicted octanol–water partition coefficient (Wildman–Crippen LogP) is 5.24. The maximum atomic E-state index is 12.6. The molecule has 5 heteroatoms. The van der Waals surface area contributed by atoms with Crippen molar-refractivity contribution in [3.05, 3.63) is 43.6 Å². The standard InChI is InChI=1S/C16H16BrNOS2/c1-9-6-7-11(12(20)8-9)18-16(19)14-10-4-2-3-5-13(10)21-15(14)17/h6-8,20H,2-5H2,1H3,(H,18,19). The Morgan fingerprint density at radius 2 is 2.10 bits per heavy atom. The molecule has 21 heavy (non-hydrogen) atoms. The number of anilines is 1. The minimum Gasteiger partial charge on any atom is -0.321 e. The molecule has 1 aromatic carbocycles. The fraction of sp³-hybridized carbons (Fsp3) is 0.312. The molecule has 1 amide bonds. The first-order valence-corrected chi connectivity index (χ1v) is 9.03. The number of rotatable bonds is 2. The quantitative estimate of drug-likeness (QED) is 0.684. The van der Waals surface area contributed by atoms with Crippen LogP contribution in [0, 0.1) is 6.92 Å². The number of hydrogen-bond acceptors (Lipinski definition) is 3. The second-order valence-electron chi connectivity index (χ2n) is 5.33. The minimum atomic E-state index is -0.0413. The van der Waals surface area contributed by atoms with Crippen LogP contribution in [-0.2, 0) is 12.8 Å². The molecule has 0 atom stereocenters. The van der Waals surface area contributed by atoms with Crippen molar-refractivity contribution >= 4 is 51.5 Å². The van der Waals surface area contributed by atoms with E-state index in [1.807, 2.05) is 25.1 Å². The maximum Gasteiger partial charge on any atom is 0.257 e. The van der Waals surface area contributed by atoms with Gasteiger partial charge < -0.3 is 5.32 Å². The van der Waals surface area contributed by atoms with E-state index in [0.717, 1.165) is 38.3 Å². The van der Waals surface area contributed by atoms with E-state index in [1.54, 1.807) is 11.3 Å². The number of aryl methyl sites for hydroxylation is 2. The number of halogens is 1. The maximum absolute atomic E-state index is 12.6. The van der Waals surface area contributed by atoms with Crippen LogP contribution in [0.15, 0.2) is 26.9 Å². The number of carbonyl (C=O) groups is 1. The molecule has 0 fully saturated rings. The highest BCUT2D eigenvalue weighted by Crippen LogP contribution is 2.38. The number of fused-ring (bicyclic) bond motifs is 1. The fourth-order valence-corrected chi connectivity index (χ4v) is 5.14. The highest BCUT2D eigenvalue weighted by Gasteiger charge is 2.24. The molecule has 1 heterocycles. The van der Waals surface area contributed by atoms with Crippen molar-refractivity contribution in [2.24, 2.45) is 0 Å². The van der Waals surface area contributed by atoms with Gasteiger partial charge in [0.1, 0.15) is 0 Å². The van der Waals surface area contributed by atoms with E-state index in [4.69, 9.17) is 0 Å². The van der Waals surface area contributed by atoms with Crippen molar-refractivity contribution in [1.82, 2.24) is 0 Å². The largest absolute Gasteiger partial charge is 0.321 e. The van der Waals surface area contributed by atoms with Crippen LogP contribution in [0.2, 0.25) is 0 Å². The molecule has 2 aromatic rings. The molecule has 1 aromatic heterocycles. The second kappa shape index (κ2) is 6.15. The van der Waals surface area contributed by atoms with Gasteiger partial charge in [-0.2, -0.15) is 0 Å². The van der Waals surface area contributed by atoms with Crippen LogP contribution < -0.4 is 5.32 Å². The fourth-order valence-electron chi connectivity index (χ4n) is 2.69. The molecule has 0 spiro atoms. The van der Waals surface area contributed by atoms with Gasteiger partial charge in [-0.1, -0.05) is 6.07 Å². The van der Waals surface area contributed by atoms with E-state index in [9.17, 15) is 4.79 Å². The summed E-state index contributed by atoms with van der Waals surface area (Å²) in [4.78, 5) is 14.8. The van der Waals surface area contributed by atoms with Gasteiger partial charge >= 0.3 is 0 Å². The predicted molar refractivity (Wildman–Crippen MR) is 95.0 cm³/mol. The van der Waals surface area contributed by atoms with Gasteiger partial charge in [0.2, 0.25) is 0 Å². The summed E-state index contributed by atoms with van der Waals surface area (Å²) in [6.45, 7) is 2.01. The molecule has 0 saturated heterocycles. The van der Waals surface area contributed by atoms with Crippen LogP contribution in [0.5, 0.6) is 0 Å². The normalized spacial score (nSPS) is 13.9. The Bertz CT molecular complexity index is 709. The molecular formula is C16H16BrNOS2. The number of carbonyl (C=O) groups excluding carboxylic acids is 1. The van der Waals surface area contributed by atoms with E-state index >= 15 is 0 Å². The zero-order valence-electron chi connectivity index (χ0n) is 11.7. The summed E-state index contributed by atoms with van der Waals surface area (Å²) in [7, 11) is 0. The third-order valence-electron chi connectivity index (χ3n) is 3.76. The zero-order valence-corrected chi connectivity index (χ0v) is 15.0. The lowest BCUT2D eigenvalue weighted by Crippen LogP contribution is -2.15. The molecule has 0 unspecified atom stereocenters. The molecule has 0 aliphatic heterocycles. The van der Waals surface area contributed by atoms with Gasteiger partial charge in [0.05, 0.1) is 15.0 Å². The van der Waals surface area contributed by atoms with Crippen LogP contribution in [0.25, 0.3) is 0 Å². The van der Waals surface area contributed by atoms with Crippen molar-refractivity contribution in [2.75, 3.05) is 5.32 Å². The van der Waals surface area contributed by atoms with E-state index in [2.05, 4.69) is 33.9 Å². The summed E-state index contributed by atoms with van der Waals surface area (Å²) >= 11 is 9.70.